The fourth-order valence-electron chi connectivity index (χ4n) is 2.83. The molecule has 102 valence electrons. The second-order valence-corrected chi connectivity index (χ2v) is 7.36. The summed E-state index contributed by atoms with van der Waals surface area (Å²) in [6.07, 6.45) is 8.07. The summed E-state index contributed by atoms with van der Waals surface area (Å²) >= 11 is 5.30. The Morgan fingerprint density at radius 2 is 2.00 bits per heavy atom. The highest BCUT2D eigenvalue weighted by atomic mass is 79.9. The minimum Gasteiger partial charge on any atom is -0.330 e. The fourth-order valence-corrected chi connectivity index (χ4v) is 4.25. The smallest absolute Gasteiger partial charge is 0.0300 e. The van der Waals surface area contributed by atoms with E-state index in [1.54, 1.807) is 11.3 Å². The van der Waals surface area contributed by atoms with E-state index in [2.05, 4.69) is 32.7 Å². The average molecular weight is 331 g/mol. The molecule has 4 heteroatoms. The second-order valence-electron chi connectivity index (χ2n) is 5.45. The Morgan fingerprint density at radius 1 is 1.28 bits per heavy atom. The zero-order valence-corrected chi connectivity index (χ0v) is 13.3. The highest BCUT2D eigenvalue weighted by Crippen LogP contribution is 2.33. The van der Waals surface area contributed by atoms with Gasteiger partial charge < -0.3 is 11.1 Å². The van der Waals surface area contributed by atoms with Crippen LogP contribution in [0.2, 0.25) is 0 Å². The third-order valence-electron chi connectivity index (χ3n) is 4.02. The van der Waals surface area contributed by atoms with E-state index in [4.69, 9.17) is 5.73 Å². The molecule has 18 heavy (non-hydrogen) atoms. The summed E-state index contributed by atoms with van der Waals surface area (Å²) in [6.45, 7) is 2.87. The molecule has 0 unspecified atom stereocenters. The predicted molar refractivity (Wildman–Crippen MR) is 82.9 cm³/mol. The Balaban J connectivity index is 1.82. The molecule has 3 N–H and O–H groups in total. The van der Waals surface area contributed by atoms with Crippen molar-refractivity contribution in [2.75, 3.05) is 13.1 Å². The van der Waals surface area contributed by atoms with Crippen molar-refractivity contribution in [1.82, 2.24) is 5.32 Å². The van der Waals surface area contributed by atoms with Gasteiger partial charge in [0.1, 0.15) is 0 Å². The van der Waals surface area contributed by atoms with E-state index in [0.29, 0.717) is 5.41 Å². The van der Waals surface area contributed by atoms with Gasteiger partial charge in [-0.05, 0) is 46.8 Å². The monoisotopic (exact) mass is 330 g/mol. The van der Waals surface area contributed by atoms with Gasteiger partial charge in [-0.2, -0.15) is 0 Å². The van der Waals surface area contributed by atoms with Crippen LogP contribution in [0.1, 0.15) is 43.4 Å². The van der Waals surface area contributed by atoms with Crippen molar-refractivity contribution in [2.45, 2.75) is 45.1 Å². The molecule has 0 saturated heterocycles. The number of thiophene rings is 1. The SMILES string of the molecule is NCC1(CNCc2cc(Br)cs2)CCCCCC1. The Labute approximate surface area is 122 Å². The molecule has 0 aromatic carbocycles. The molecule has 1 heterocycles. The van der Waals surface area contributed by atoms with Gasteiger partial charge in [-0.3, -0.25) is 0 Å². The van der Waals surface area contributed by atoms with E-state index in [1.165, 1.54) is 47.9 Å². The maximum absolute atomic E-state index is 6.05. The largest absolute Gasteiger partial charge is 0.330 e. The maximum Gasteiger partial charge on any atom is 0.0300 e. The molecule has 1 aliphatic rings. The van der Waals surface area contributed by atoms with E-state index in [-0.39, 0.29) is 0 Å². The van der Waals surface area contributed by atoms with Crippen LogP contribution in [0.25, 0.3) is 0 Å². The summed E-state index contributed by atoms with van der Waals surface area (Å²) in [6, 6.07) is 2.19. The van der Waals surface area contributed by atoms with Gasteiger partial charge in [0.15, 0.2) is 0 Å². The normalized spacial score (nSPS) is 19.7. The number of hydrogen-bond acceptors (Lipinski definition) is 3. The Kier molecular flexibility index (Phi) is 5.67. The lowest BCUT2D eigenvalue weighted by molar-refractivity contribution is 0.242. The van der Waals surface area contributed by atoms with Gasteiger partial charge in [0.25, 0.3) is 0 Å². The first-order chi connectivity index (χ1) is 8.74. The molecule has 0 aliphatic heterocycles. The molecule has 0 atom stereocenters. The van der Waals surface area contributed by atoms with E-state index in [9.17, 15) is 0 Å². The number of nitrogens with two attached hydrogens (primary N) is 1. The summed E-state index contributed by atoms with van der Waals surface area (Å²) in [7, 11) is 0. The van der Waals surface area contributed by atoms with Crippen LogP contribution in [-0.4, -0.2) is 13.1 Å². The van der Waals surface area contributed by atoms with Crippen LogP contribution in [-0.2, 0) is 6.54 Å². The lowest BCUT2D eigenvalue weighted by atomic mass is 9.80. The third kappa shape index (κ3) is 4.05. The van der Waals surface area contributed by atoms with Crippen molar-refractivity contribution in [3.63, 3.8) is 0 Å². The van der Waals surface area contributed by atoms with Gasteiger partial charge in [0.05, 0.1) is 0 Å². The van der Waals surface area contributed by atoms with Crippen LogP contribution < -0.4 is 11.1 Å². The van der Waals surface area contributed by atoms with Gasteiger partial charge in [0, 0.05) is 27.8 Å². The molecule has 0 spiro atoms. The Bertz CT molecular complexity index is 356. The standard InChI is InChI=1S/C14H23BrN2S/c15-12-7-13(18-9-12)8-17-11-14(10-16)5-3-1-2-4-6-14/h7,9,17H,1-6,8,10-11,16H2. The Hall–Kier alpha value is 0.1000. The molecule has 0 amide bonds. The highest BCUT2D eigenvalue weighted by Gasteiger charge is 2.28. The van der Waals surface area contributed by atoms with Crippen molar-refractivity contribution in [3.05, 3.63) is 20.8 Å². The van der Waals surface area contributed by atoms with Crippen molar-refractivity contribution < 1.29 is 0 Å². The fraction of sp³-hybridized carbons (Fsp3) is 0.714. The van der Waals surface area contributed by atoms with Crippen LogP contribution in [0.15, 0.2) is 15.9 Å². The van der Waals surface area contributed by atoms with Crippen molar-refractivity contribution in [3.8, 4) is 0 Å². The second kappa shape index (κ2) is 7.04. The highest BCUT2D eigenvalue weighted by molar-refractivity contribution is 9.10. The molecular formula is C14H23BrN2S. The lowest BCUT2D eigenvalue weighted by Gasteiger charge is -2.31. The number of hydrogen-bond donors (Lipinski definition) is 2. The minimum absolute atomic E-state index is 0.352. The van der Waals surface area contributed by atoms with Gasteiger partial charge in [-0.25, -0.2) is 0 Å². The maximum atomic E-state index is 6.05. The topological polar surface area (TPSA) is 38.0 Å². The summed E-state index contributed by atoms with van der Waals surface area (Å²) < 4.78 is 1.19. The zero-order chi connectivity index (χ0) is 12.8. The van der Waals surface area contributed by atoms with E-state index in [1.807, 2.05) is 0 Å². The first kappa shape index (κ1) is 14.5. The first-order valence-corrected chi connectivity index (χ1v) is 8.55. The molecule has 2 nitrogen and oxygen atoms in total. The quantitative estimate of drug-likeness (QED) is 0.803. The van der Waals surface area contributed by atoms with Crippen molar-refractivity contribution >= 4 is 27.3 Å². The van der Waals surface area contributed by atoms with Crippen molar-refractivity contribution in [1.29, 1.82) is 0 Å². The molecule has 2 rings (SSSR count). The number of halogens is 1. The van der Waals surface area contributed by atoms with Crippen LogP contribution in [0, 0.1) is 5.41 Å². The van der Waals surface area contributed by atoms with Gasteiger partial charge in [-0.15, -0.1) is 11.3 Å². The van der Waals surface area contributed by atoms with Gasteiger partial charge in [-0.1, -0.05) is 25.7 Å². The average Bonchev–Trinajstić information content (AvgIpc) is 2.65. The first-order valence-electron chi connectivity index (χ1n) is 6.88. The summed E-state index contributed by atoms with van der Waals surface area (Å²) in [5.41, 5.74) is 6.40. The van der Waals surface area contributed by atoms with Crippen LogP contribution in [0.3, 0.4) is 0 Å². The van der Waals surface area contributed by atoms with Crippen molar-refractivity contribution in [2.24, 2.45) is 11.1 Å². The van der Waals surface area contributed by atoms with E-state index in [0.717, 1.165) is 19.6 Å². The molecule has 0 bridgehead atoms. The third-order valence-corrected chi connectivity index (χ3v) is 5.72. The van der Waals surface area contributed by atoms with E-state index >= 15 is 0 Å². The molecule has 1 saturated carbocycles. The minimum atomic E-state index is 0.352. The molecule has 1 aliphatic carbocycles. The lowest BCUT2D eigenvalue weighted by Crippen LogP contribution is -2.39. The van der Waals surface area contributed by atoms with Crippen LogP contribution >= 0.6 is 27.3 Å². The number of rotatable bonds is 5. The summed E-state index contributed by atoms with van der Waals surface area (Å²) in [5, 5.41) is 5.75. The van der Waals surface area contributed by atoms with Crippen LogP contribution in [0.4, 0.5) is 0 Å². The van der Waals surface area contributed by atoms with Gasteiger partial charge >= 0.3 is 0 Å². The van der Waals surface area contributed by atoms with Gasteiger partial charge in [0.2, 0.25) is 0 Å². The zero-order valence-electron chi connectivity index (χ0n) is 10.9. The molecule has 1 fully saturated rings. The molecule has 1 aromatic heterocycles. The van der Waals surface area contributed by atoms with Crippen LogP contribution in [0.5, 0.6) is 0 Å². The predicted octanol–water partition coefficient (Wildman–Crippen LogP) is 3.90. The van der Waals surface area contributed by atoms with E-state index < -0.39 is 0 Å². The molecular weight excluding hydrogens is 308 g/mol. The number of nitrogens with one attached hydrogen (secondary N) is 1. The summed E-state index contributed by atoms with van der Waals surface area (Å²) in [5.74, 6) is 0. The molecule has 0 radical (unpaired) electrons. The molecule has 1 aromatic rings. The Morgan fingerprint density at radius 3 is 2.56 bits per heavy atom. The summed E-state index contributed by atoms with van der Waals surface area (Å²) in [4.78, 5) is 1.39.